The monoisotopic (exact) mass is 616 g/mol. The van der Waals surface area contributed by atoms with Crippen molar-refractivity contribution in [3.8, 4) is 0 Å². The number of nitrogens with zero attached hydrogens (tertiary/aromatic N) is 2. The number of rotatable bonds is 2. The highest BCUT2D eigenvalue weighted by molar-refractivity contribution is 14.1. The van der Waals surface area contributed by atoms with Crippen LogP contribution in [0.3, 0.4) is 0 Å². The Morgan fingerprint density at radius 2 is 1.92 bits per heavy atom. The van der Waals surface area contributed by atoms with Crippen molar-refractivity contribution < 1.29 is 29.3 Å². The van der Waals surface area contributed by atoms with E-state index in [1.807, 2.05) is 31.5 Å². The van der Waals surface area contributed by atoms with Gasteiger partial charge in [-0.3, -0.25) is 9.59 Å². The third-order valence-corrected chi connectivity index (χ3v) is 9.05. The number of Topliss-reactive ketones (excluding diaryl/α,β-unsaturated/α-hetero) is 1. The van der Waals surface area contributed by atoms with E-state index in [-0.39, 0.29) is 29.8 Å². The van der Waals surface area contributed by atoms with Crippen molar-refractivity contribution in [3.05, 3.63) is 21.3 Å². The second kappa shape index (κ2) is 11.2. The molecule has 7 atom stereocenters. The molecule has 0 spiro atoms. The van der Waals surface area contributed by atoms with E-state index in [1.54, 1.807) is 27.1 Å². The SMILES string of the molecule is C/C(=C\c1c(I)ncn1C)[C@@H]1C[C@@H]2O[C@]2(C)CCC[C@H](C)[C@H](O)[C@@H](C)C(=O)C(C)(C)[C@@H](O)CC(=O)O1. The van der Waals surface area contributed by atoms with E-state index >= 15 is 0 Å². The van der Waals surface area contributed by atoms with Crippen molar-refractivity contribution in [1.82, 2.24) is 9.55 Å². The van der Waals surface area contributed by atoms with Crippen LogP contribution in [-0.4, -0.2) is 61.5 Å². The Bertz CT molecular complexity index is 985. The maximum Gasteiger partial charge on any atom is 0.309 e. The number of esters is 1. The van der Waals surface area contributed by atoms with E-state index in [4.69, 9.17) is 9.47 Å². The summed E-state index contributed by atoms with van der Waals surface area (Å²) < 4.78 is 14.7. The maximum atomic E-state index is 13.2. The van der Waals surface area contributed by atoms with Crippen LogP contribution in [0.5, 0.6) is 0 Å². The predicted molar refractivity (Wildman–Crippen MR) is 145 cm³/mol. The fourth-order valence-electron chi connectivity index (χ4n) is 5.18. The van der Waals surface area contributed by atoms with Gasteiger partial charge in [-0.05, 0) is 66.8 Å². The van der Waals surface area contributed by atoms with Gasteiger partial charge in [-0.1, -0.05) is 34.1 Å². The number of hydrogen-bond acceptors (Lipinski definition) is 7. The number of cyclic esters (lactones) is 1. The highest BCUT2D eigenvalue weighted by Crippen LogP contribution is 2.45. The molecule has 2 aliphatic rings. The molecule has 3 heterocycles. The number of carbonyl (C=O) groups excluding carboxylic acids is 2. The van der Waals surface area contributed by atoms with Gasteiger partial charge in [-0.2, -0.15) is 0 Å². The van der Waals surface area contributed by atoms with Gasteiger partial charge in [-0.15, -0.1) is 0 Å². The van der Waals surface area contributed by atoms with Crippen LogP contribution in [0.25, 0.3) is 6.08 Å². The van der Waals surface area contributed by atoms with Crippen LogP contribution in [0.15, 0.2) is 11.9 Å². The molecule has 0 aliphatic carbocycles. The number of imidazole rings is 1. The van der Waals surface area contributed by atoms with E-state index in [9.17, 15) is 19.8 Å². The second-order valence-corrected chi connectivity index (χ2v) is 12.5. The van der Waals surface area contributed by atoms with Crippen molar-refractivity contribution in [2.45, 2.75) is 104 Å². The van der Waals surface area contributed by atoms with Crippen molar-refractivity contribution in [2.24, 2.45) is 24.3 Å². The molecule has 1 aromatic rings. The molecule has 2 aliphatic heterocycles. The summed E-state index contributed by atoms with van der Waals surface area (Å²) in [5.41, 5.74) is 0.263. The molecule has 2 fully saturated rings. The molecule has 8 nitrogen and oxygen atoms in total. The van der Waals surface area contributed by atoms with Gasteiger partial charge < -0.3 is 24.3 Å². The molecule has 0 radical (unpaired) electrons. The number of aromatic nitrogens is 2. The van der Waals surface area contributed by atoms with Gasteiger partial charge in [0.05, 0.1) is 47.8 Å². The first-order valence-corrected chi connectivity index (χ1v) is 13.9. The second-order valence-electron chi connectivity index (χ2n) is 11.5. The summed E-state index contributed by atoms with van der Waals surface area (Å²) in [5, 5.41) is 21.7. The molecular formula is C27H41IN2O6. The third-order valence-electron chi connectivity index (χ3n) is 8.21. The zero-order chi connectivity index (χ0) is 27.0. The first-order valence-electron chi connectivity index (χ1n) is 12.8. The number of aliphatic hydroxyl groups excluding tert-OH is 2. The fraction of sp³-hybridized carbons (Fsp3) is 0.741. The molecule has 0 bridgehead atoms. The number of carbonyl (C=O) groups is 2. The molecule has 1 aromatic heterocycles. The molecule has 0 unspecified atom stereocenters. The van der Waals surface area contributed by atoms with Crippen molar-refractivity contribution in [3.63, 3.8) is 0 Å². The third kappa shape index (κ3) is 6.39. The van der Waals surface area contributed by atoms with Crippen molar-refractivity contribution in [2.75, 3.05) is 0 Å². The number of halogens is 1. The first-order chi connectivity index (χ1) is 16.7. The van der Waals surface area contributed by atoms with Crippen LogP contribution in [-0.2, 0) is 26.1 Å². The minimum absolute atomic E-state index is 0.0562. The van der Waals surface area contributed by atoms with Gasteiger partial charge in [0.25, 0.3) is 0 Å². The molecule has 0 amide bonds. The number of ketones is 1. The average Bonchev–Trinajstić information content (AvgIpc) is 3.34. The lowest BCUT2D eigenvalue weighted by Crippen LogP contribution is -2.45. The Balaban J connectivity index is 1.88. The molecule has 0 aromatic carbocycles. The van der Waals surface area contributed by atoms with Crippen LogP contribution in [0, 0.1) is 21.0 Å². The zero-order valence-corrected chi connectivity index (χ0v) is 24.6. The summed E-state index contributed by atoms with van der Waals surface area (Å²) in [6.07, 6.45) is 3.70. The van der Waals surface area contributed by atoms with Crippen LogP contribution in [0.4, 0.5) is 0 Å². The normalized spacial score (nSPS) is 36.8. The molecule has 2 saturated heterocycles. The minimum atomic E-state index is -1.24. The van der Waals surface area contributed by atoms with E-state index in [0.29, 0.717) is 6.42 Å². The Labute approximate surface area is 228 Å². The molecule has 36 heavy (non-hydrogen) atoms. The van der Waals surface area contributed by atoms with Crippen LogP contribution in [0.1, 0.15) is 79.3 Å². The number of aryl methyl sites for hydroxylation is 1. The predicted octanol–water partition coefficient (Wildman–Crippen LogP) is 4.05. The van der Waals surface area contributed by atoms with Crippen LogP contribution < -0.4 is 0 Å². The Kier molecular flexibility index (Phi) is 9.11. The maximum absolute atomic E-state index is 13.2. The summed E-state index contributed by atoms with van der Waals surface area (Å²) >= 11 is 2.17. The Morgan fingerprint density at radius 3 is 2.53 bits per heavy atom. The standard InChI is InChI=1S/C27H41IN2O6/c1-15-9-8-10-27(6)21(36-27)12-19(16(2)11-18-25(28)29-14-30(18)7)35-22(32)13-20(31)26(4,5)24(34)17(3)23(15)33/h11,14-15,17,19-21,23,31,33H,8-10,12-13H2,1-7H3/b16-11+/t15-,17+,19-,20-,21-,23-,27+/m0/s1. The minimum Gasteiger partial charge on any atom is -0.458 e. The highest BCUT2D eigenvalue weighted by atomic mass is 127. The molecule has 202 valence electrons. The Morgan fingerprint density at radius 1 is 1.25 bits per heavy atom. The first kappa shape index (κ1) is 29.3. The van der Waals surface area contributed by atoms with E-state index in [1.165, 1.54) is 0 Å². The quantitative estimate of drug-likeness (QED) is 0.293. The topological polar surface area (TPSA) is 114 Å². The molecule has 3 rings (SSSR count). The van der Waals surface area contributed by atoms with E-state index in [0.717, 1.165) is 34.2 Å². The number of ether oxygens (including phenoxy) is 2. The summed E-state index contributed by atoms with van der Waals surface area (Å²) in [6, 6.07) is 0. The largest absolute Gasteiger partial charge is 0.458 e. The zero-order valence-electron chi connectivity index (χ0n) is 22.5. The lowest BCUT2D eigenvalue weighted by atomic mass is 9.73. The Hall–Kier alpha value is -1.30. The lowest BCUT2D eigenvalue weighted by Gasteiger charge is -2.34. The number of fused-ring (bicyclic) bond motifs is 1. The number of aliphatic hydroxyl groups is 2. The number of epoxide rings is 1. The van der Waals surface area contributed by atoms with E-state index in [2.05, 4.69) is 34.5 Å². The average molecular weight is 617 g/mol. The smallest absolute Gasteiger partial charge is 0.309 e. The van der Waals surface area contributed by atoms with Gasteiger partial charge in [0, 0.05) is 19.4 Å². The van der Waals surface area contributed by atoms with Gasteiger partial charge >= 0.3 is 5.97 Å². The van der Waals surface area contributed by atoms with Gasteiger partial charge in [-0.25, -0.2) is 4.98 Å². The number of hydrogen-bond donors (Lipinski definition) is 2. The van der Waals surface area contributed by atoms with Crippen LogP contribution >= 0.6 is 22.6 Å². The fourth-order valence-corrected chi connectivity index (χ4v) is 5.84. The molecular weight excluding hydrogens is 575 g/mol. The summed E-state index contributed by atoms with van der Waals surface area (Å²) in [4.78, 5) is 30.6. The van der Waals surface area contributed by atoms with Crippen LogP contribution in [0.2, 0.25) is 0 Å². The summed E-state index contributed by atoms with van der Waals surface area (Å²) in [6.45, 7) is 10.9. The van der Waals surface area contributed by atoms with Crippen molar-refractivity contribution in [1.29, 1.82) is 0 Å². The van der Waals surface area contributed by atoms with Crippen molar-refractivity contribution >= 4 is 40.4 Å². The molecule has 0 saturated carbocycles. The van der Waals surface area contributed by atoms with Gasteiger partial charge in [0.15, 0.2) is 0 Å². The van der Waals surface area contributed by atoms with E-state index < -0.39 is 35.6 Å². The molecule has 9 heteroatoms. The summed E-state index contributed by atoms with van der Waals surface area (Å²) in [5.74, 6) is -1.56. The van der Waals surface area contributed by atoms with Gasteiger partial charge in [0.1, 0.15) is 15.6 Å². The molecule has 2 N–H and O–H groups in total. The van der Waals surface area contributed by atoms with Gasteiger partial charge in [0.2, 0.25) is 0 Å². The lowest BCUT2D eigenvalue weighted by molar-refractivity contribution is -0.154. The highest BCUT2D eigenvalue weighted by Gasteiger charge is 2.53. The summed E-state index contributed by atoms with van der Waals surface area (Å²) in [7, 11) is 1.91.